The van der Waals surface area contributed by atoms with Crippen molar-refractivity contribution in [2.75, 3.05) is 31.0 Å². The number of ether oxygens (including phenoxy) is 1. The van der Waals surface area contributed by atoms with Crippen LogP contribution in [0.4, 0.5) is 11.4 Å². The number of carboxylic acid groups (broad SMARTS) is 1. The first-order valence-corrected chi connectivity index (χ1v) is 10.2. The molecule has 0 unspecified atom stereocenters. The zero-order valence-electron chi connectivity index (χ0n) is 19.2. The fourth-order valence-electron chi connectivity index (χ4n) is 3.45. The maximum atomic E-state index is 13.2. The van der Waals surface area contributed by atoms with Crippen molar-refractivity contribution >= 4 is 35.2 Å². The van der Waals surface area contributed by atoms with E-state index < -0.39 is 17.8 Å². The Morgan fingerprint density at radius 3 is 2.35 bits per heavy atom. The lowest BCUT2D eigenvalue weighted by Gasteiger charge is -2.27. The van der Waals surface area contributed by atoms with Gasteiger partial charge < -0.3 is 14.7 Å². The average molecular weight is 457 g/mol. The van der Waals surface area contributed by atoms with Gasteiger partial charge in [-0.1, -0.05) is 18.2 Å². The summed E-state index contributed by atoms with van der Waals surface area (Å²) in [7, 11) is 5.43. The molecule has 3 rings (SSSR count). The summed E-state index contributed by atoms with van der Waals surface area (Å²) in [6.07, 6.45) is 4.98. The molecule has 34 heavy (non-hydrogen) atoms. The van der Waals surface area contributed by atoms with Gasteiger partial charge in [-0.15, -0.1) is 0 Å². The van der Waals surface area contributed by atoms with Crippen molar-refractivity contribution < 1.29 is 24.2 Å². The predicted molar refractivity (Wildman–Crippen MR) is 130 cm³/mol. The lowest BCUT2D eigenvalue weighted by molar-refractivity contribution is -0.123. The largest absolute Gasteiger partial charge is 0.496 e. The Kier molecular flexibility index (Phi) is 6.98. The van der Waals surface area contributed by atoms with Gasteiger partial charge in [0.1, 0.15) is 5.75 Å². The van der Waals surface area contributed by atoms with Gasteiger partial charge in [-0.3, -0.25) is 14.5 Å². The number of imide groups is 1. The maximum absolute atomic E-state index is 13.2. The number of carboxylic acids is 1. The summed E-state index contributed by atoms with van der Waals surface area (Å²) in [5, 5.41) is 9.09. The number of aromatic carboxylic acids is 1. The van der Waals surface area contributed by atoms with E-state index in [4.69, 9.17) is 16.4 Å². The minimum atomic E-state index is -1.12. The molecule has 2 aromatic carbocycles. The van der Waals surface area contributed by atoms with Crippen molar-refractivity contribution in [3.8, 4) is 5.75 Å². The molecule has 1 N–H and O–H groups in total. The Morgan fingerprint density at radius 2 is 1.79 bits per heavy atom. The first kappa shape index (κ1) is 24.0. The third kappa shape index (κ3) is 4.59. The minimum absolute atomic E-state index is 0.0192. The monoisotopic (exact) mass is 457 g/mol. The number of amides is 2. The van der Waals surface area contributed by atoms with Crippen molar-refractivity contribution in [1.82, 2.24) is 0 Å². The fourth-order valence-corrected chi connectivity index (χ4v) is 3.45. The number of rotatable bonds is 6. The van der Waals surface area contributed by atoms with Crippen molar-refractivity contribution in [3.63, 3.8) is 0 Å². The van der Waals surface area contributed by atoms with E-state index >= 15 is 0 Å². The van der Waals surface area contributed by atoms with Gasteiger partial charge in [0.2, 0.25) is 0 Å². The molecule has 0 aromatic heterocycles. The zero-order chi connectivity index (χ0) is 25.0. The quantitative estimate of drug-likeness (QED) is 0.398. The number of hydrogen-bond donors (Lipinski definition) is 1. The number of methoxy groups -OCH3 is 1. The van der Waals surface area contributed by atoms with E-state index in [9.17, 15) is 14.4 Å². The minimum Gasteiger partial charge on any atom is -0.496 e. The molecule has 0 fully saturated rings. The van der Waals surface area contributed by atoms with Crippen molar-refractivity contribution in [3.05, 3.63) is 94.0 Å². The molecule has 8 nitrogen and oxygen atoms in total. The average Bonchev–Trinajstić information content (AvgIpc) is 2.81. The van der Waals surface area contributed by atoms with Crippen LogP contribution >= 0.6 is 0 Å². The number of allylic oxidation sites excluding steroid dienone is 2. The number of carbonyl (C=O) groups excluding carboxylic acids is 2. The molecule has 8 heteroatoms. The topological polar surface area (TPSA) is 91.5 Å². The standard InChI is InChI=1S/C26H23N3O5/c1-16-21(8-6-7-17-9-14-20(28(3)4)15-22(17)34-5)24(30)29(25(31)23(16)27-2)19-12-10-18(11-13-19)26(32)33/h6-15H,1,3-5H3,(H,32,33)/b7-6?,21-8-. The molecule has 2 aromatic rings. The smallest absolute Gasteiger partial charge is 0.335 e. The second kappa shape index (κ2) is 9.88. The summed E-state index contributed by atoms with van der Waals surface area (Å²) in [4.78, 5) is 43.4. The summed E-state index contributed by atoms with van der Waals surface area (Å²) >= 11 is 0. The molecule has 1 aliphatic heterocycles. The Bertz CT molecular complexity index is 1290. The summed E-state index contributed by atoms with van der Waals surface area (Å²) in [5.74, 6) is -1.82. The molecule has 1 aliphatic rings. The van der Waals surface area contributed by atoms with Crippen LogP contribution in [0.5, 0.6) is 5.75 Å². The maximum Gasteiger partial charge on any atom is 0.335 e. The van der Waals surface area contributed by atoms with Gasteiger partial charge in [0, 0.05) is 37.0 Å². The fraction of sp³-hybridized carbons (Fsp3) is 0.154. The summed E-state index contributed by atoms with van der Waals surface area (Å²) in [6, 6.07) is 11.0. The van der Waals surface area contributed by atoms with Crippen LogP contribution in [0.1, 0.15) is 22.8 Å². The molecular weight excluding hydrogens is 434 g/mol. The zero-order valence-corrected chi connectivity index (χ0v) is 19.2. The van der Waals surface area contributed by atoms with Gasteiger partial charge in [-0.25, -0.2) is 9.64 Å². The molecule has 0 spiro atoms. The van der Waals surface area contributed by atoms with Crippen LogP contribution in [-0.4, -0.2) is 44.1 Å². The van der Waals surface area contributed by atoms with E-state index in [1.165, 1.54) is 24.3 Å². The highest BCUT2D eigenvalue weighted by Crippen LogP contribution is 2.31. The van der Waals surface area contributed by atoms with Crippen LogP contribution in [0.15, 0.2) is 71.5 Å². The summed E-state index contributed by atoms with van der Waals surface area (Å²) in [5.41, 5.74) is 2.26. The van der Waals surface area contributed by atoms with Gasteiger partial charge in [0.15, 0.2) is 0 Å². The van der Waals surface area contributed by atoms with E-state index in [1.807, 2.05) is 37.2 Å². The van der Waals surface area contributed by atoms with Gasteiger partial charge in [0.25, 0.3) is 17.5 Å². The SMILES string of the molecule is [C-]#[N+]C1=C(C)/C(=C/C=Cc2ccc(N(C)C)cc2OC)C(=O)N(c2ccc(C(=O)O)cc2)C1=O. The van der Waals surface area contributed by atoms with Gasteiger partial charge in [0.05, 0.1) is 24.9 Å². The van der Waals surface area contributed by atoms with Crippen LogP contribution in [0.3, 0.4) is 0 Å². The first-order chi connectivity index (χ1) is 16.2. The highest BCUT2D eigenvalue weighted by molar-refractivity contribution is 6.30. The number of anilines is 2. The summed E-state index contributed by atoms with van der Waals surface area (Å²) < 4.78 is 5.46. The van der Waals surface area contributed by atoms with E-state index in [0.717, 1.165) is 16.2 Å². The molecule has 0 aliphatic carbocycles. The molecule has 0 radical (unpaired) electrons. The van der Waals surface area contributed by atoms with E-state index in [1.54, 1.807) is 32.3 Å². The third-order valence-corrected chi connectivity index (χ3v) is 5.35. The molecule has 2 amide bonds. The number of hydrogen-bond acceptors (Lipinski definition) is 5. The molecule has 0 saturated carbocycles. The Hall–Kier alpha value is -4.64. The highest BCUT2D eigenvalue weighted by Gasteiger charge is 2.36. The van der Waals surface area contributed by atoms with E-state index in [0.29, 0.717) is 5.75 Å². The van der Waals surface area contributed by atoms with Crippen molar-refractivity contribution in [2.45, 2.75) is 6.92 Å². The second-order valence-electron chi connectivity index (χ2n) is 7.64. The number of benzene rings is 2. The lowest BCUT2D eigenvalue weighted by Crippen LogP contribution is -2.42. The second-order valence-corrected chi connectivity index (χ2v) is 7.64. The highest BCUT2D eigenvalue weighted by atomic mass is 16.5. The van der Waals surface area contributed by atoms with Crippen LogP contribution in [0.2, 0.25) is 0 Å². The van der Waals surface area contributed by atoms with E-state index in [-0.39, 0.29) is 28.1 Å². The molecule has 0 saturated heterocycles. The van der Waals surface area contributed by atoms with Crippen LogP contribution < -0.4 is 14.5 Å². The van der Waals surface area contributed by atoms with Crippen LogP contribution in [-0.2, 0) is 9.59 Å². The Labute approximate surface area is 197 Å². The summed E-state index contributed by atoms with van der Waals surface area (Å²) in [6.45, 7) is 9.00. The third-order valence-electron chi connectivity index (χ3n) is 5.35. The van der Waals surface area contributed by atoms with Crippen LogP contribution in [0.25, 0.3) is 10.9 Å². The van der Waals surface area contributed by atoms with Gasteiger partial charge in [-0.2, -0.15) is 0 Å². The molecule has 1 heterocycles. The first-order valence-electron chi connectivity index (χ1n) is 10.2. The molecule has 172 valence electrons. The molecule has 0 bridgehead atoms. The number of nitrogens with zero attached hydrogens (tertiary/aromatic N) is 3. The van der Waals surface area contributed by atoms with Gasteiger partial charge >= 0.3 is 5.97 Å². The normalized spacial score (nSPS) is 15.1. The van der Waals surface area contributed by atoms with E-state index in [2.05, 4.69) is 4.85 Å². The lowest BCUT2D eigenvalue weighted by atomic mass is 9.97. The molecular formula is C26H23N3O5. The number of carbonyl (C=O) groups is 3. The Morgan fingerprint density at radius 1 is 1.12 bits per heavy atom. The Balaban J connectivity index is 2.01. The van der Waals surface area contributed by atoms with Gasteiger partial charge in [-0.05, 0) is 48.9 Å². The van der Waals surface area contributed by atoms with Crippen LogP contribution in [0, 0.1) is 6.57 Å². The molecule has 0 atom stereocenters. The van der Waals surface area contributed by atoms with Crippen molar-refractivity contribution in [2.24, 2.45) is 0 Å². The van der Waals surface area contributed by atoms with Crippen molar-refractivity contribution in [1.29, 1.82) is 0 Å². The predicted octanol–water partition coefficient (Wildman–Crippen LogP) is 4.17.